The van der Waals surface area contributed by atoms with E-state index in [4.69, 9.17) is 9.47 Å². The van der Waals surface area contributed by atoms with Crippen LogP contribution in [0.25, 0.3) is 0 Å². The highest BCUT2D eigenvalue weighted by Crippen LogP contribution is 2.40. The van der Waals surface area contributed by atoms with Crippen LogP contribution in [0.5, 0.6) is 11.5 Å². The SMILES string of the molecule is CCOc1cc2c(cc1OCC)C(C)N(S(=O)(=O)c1cc(F)ccc1C)CC2. The molecule has 1 heterocycles. The number of hydrogen-bond acceptors (Lipinski definition) is 4. The molecule has 5 nitrogen and oxygen atoms in total. The Kier molecular flexibility index (Phi) is 5.95. The lowest BCUT2D eigenvalue weighted by atomic mass is 9.94. The zero-order valence-corrected chi connectivity index (χ0v) is 17.5. The summed E-state index contributed by atoms with van der Waals surface area (Å²) in [5.41, 5.74) is 2.46. The predicted octanol–water partition coefficient (Wildman–Crippen LogP) is 4.24. The lowest BCUT2D eigenvalue weighted by molar-refractivity contribution is 0.282. The standard InChI is InChI=1S/C21H26FNO4S/c1-5-26-19-11-16-9-10-23(15(4)18(16)13-20(19)27-6-2)28(24,25)21-12-17(22)8-7-14(21)3/h7-8,11-13,15H,5-6,9-10H2,1-4H3. The maximum absolute atomic E-state index is 13.7. The maximum atomic E-state index is 13.7. The molecule has 0 aliphatic carbocycles. The molecular weight excluding hydrogens is 381 g/mol. The Hall–Kier alpha value is -2.12. The van der Waals surface area contributed by atoms with Gasteiger partial charge in [-0.3, -0.25) is 0 Å². The summed E-state index contributed by atoms with van der Waals surface area (Å²) in [4.78, 5) is 0.0127. The van der Waals surface area contributed by atoms with E-state index in [1.165, 1.54) is 16.4 Å². The summed E-state index contributed by atoms with van der Waals surface area (Å²) in [5, 5.41) is 0. The molecule has 1 aliphatic rings. The minimum Gasteiger partial charge on any atom is -0.490 e. The molecule has 7 heteroatoms. The molecule has 0 aromatic heterocycles. The fraction of sp³-hybridized carbons (Fsp3) is 0.429. The Morgan fingerprint density at radius 3 is 2.39 bits per heavy atom. The molecule has 1 aliphatic heterocycles. The first-order valence-electron chi connectivity index (χ1n) is 9.50. The molecule has 2 aromatic carbocycles. The second kappa shape index (κ2) is 8.09. The van der Waals surface area contributed by atoms with Gasteiger partial charge in [0.25, 0.3) is 0 Å². The number of hydrogen-bond donors (Lipinski definition) is 0. The minimum atomic E-state index is -3.83. The zero-order chi connectivity index (χ0) is 20.5. The van der Waals surface area contributed by atoms with Crippen molar-refractivity contribution in [2.24, 2.45) is 0 Å². The monoisotopic (exact) mass is 407 g/mol. The van der Waals surface area contributed by atoms with Crippen LogP contribution in [0, 0.1) is 12.7 Å². The number of ether oxygens (including phenoxy) is 2. The van der Waals surface area contributed by atoms with Crippen molar-refractivity contribution in [3.63, 3.8) is 0 Å². The van der Waals surface area contributed by atoms with Crippen molar-refractivity contribution in [1.29, 1.82) is 0 Å². The van der Waals surface area contributed by atoms with Crippen LogP contribution in [-0.4, -0.2) is 32.5 Å². The van der Waals surface area contributed by atoms with Crippen molar-refractivity contribution in [1.82, 2.24) is 4.31 Å². The molecule has 0 N–H and O–H groups in total. The van der Waals surface area contributed by atoms with Crippen molar-refractivity contribution in [2.75, 3.05) is 19.8 Å². The third kappa shape index (κ3) is 3.73. The molecule has 0 amide bonds. The normalized spacial score (nSPS) is 17.2. The molecule has 0 radical (unpaired) electrons. The lowest BCUT2D eigenvalue weighted by Crippen LogP contribution is -2.39. The van der Waals surface area contributed by atoms with E-state index in [0.29, 0.717) is 43.2 Å². The van der Waals surface area contributed by atoms with Gasteiger partial charge in [0.15, 0.2) is 11.5 Å². The summed E-state index contributed by atoms with van der Waals surface area (Å²) in [6.07, 6.45) is 0.555. The van der Waals surface area contributed by atoms with Gasteiger partial charge in [0.2, 0.25) is 10.0 Å². The van der Waals surface area contributed by atoms with Crippen molar-refractivity contribution in [3.05, 3.63) is 52.8 Å². The minimum absolute atomic E-state index is 0.0127. The van der Waals surface area contributed by atoms with Crippen molar-refractivity contribution in [2.45, 2.75) is 45.1 Å². The summed E-state index contributed by atoms with van der Waals surface area (Å²) >= 11 is 0. The Balaban J connectivity index is 2.03. The molecule has 0 bridgehead atoms. The number of aryl methyl sites for hydroxylation is 1. The van der Waals surface area contributed by atoms with E-state index < -0.39 is 21.9 Å². The highest BCUT2D eigenvalue weighted by atomic mass is 32.2. The van der Waals surface area contributed by atoms with E-state index in [2.05, 4.69) is 0 Å². The molecule has 152 valence electrons. The molecule has 1 unspecified atom stereocenters. The summed E-state index contributed by atoms with van der Waals surface area (Å²) < 4.78 is 53.1. The Morgan fingerprint density at radius 2 is 1.75 bits per heavy atom. The summed E-state index contributed by atoms with van der Waals surface area (Å²) in [5.74, 6) is 0.720. The highest BCUT2D eigenvalue weighted by Gasteiger charge is 2.35. The van der Waals surface area contributed by atoms with Gasteiger partial charge in [0.05, 0.1) is 18.1 Å². The average Bonchev–Trinajstić information content (AvgIpc) is 2.65. The summed E-state index contributed by atoms with van der Waals surface area (Å²) in [6, 6.07) is 7.27. The molecule has 0 saturated carbocycles. The van der Waals surface area contributed by atoms with Crippen molar-refractivity contribution < 1.29 is 22.3 Å². The largest absolute Gasteiger partial charge is 0.490 e. The second-order valence-corrected chi connectivity index (χ2v) is 8.67. The van der Waals surface area contributed by atoms with E-state index in [1.54, 1.807) is 6.92 Å². The van der Waals surface area contributed by atoms with Gasteiger partial charge in [0.1, 0.15) is 5.82 Å². The van der Waals surface area contributed by atoms with Gasteiger partial charge in [-0.1, -0.05) is 6.07 Å². The molecule has 3 rings (SSSR count). The van der Waals surface area contributed by atoms with Crippen LogP contribution in [0.3, 0.4) is 0 Å². The average molecular weight is 408 g/mol. The first-order valence-corrected chi connectivity index (χ1v) is 10.9. The van der Waals surface area contributed by atoms with Crippen LogP contribution >= 0.6 is 0 Å². The van der Waals surface area contributed by atoms with E-state index in [9.17, 15) is 12.8 Å². The fourth-order valence-electron chi connectivity index (χ4n) is 3.65. The number of nitrogens with zero attached hydrogens (tertiary/aromatic N) is 1. The summed E-state index contributed by atoms with van der Waals surface area (Å²) in [7, 11) is -3.83. The van der Waals surface area contributed by atoms with E-state index in [1.807, 2.05) is 32.9 Å². The van der Waals surface area contributed by atoms with Gasteiger partial charge in [-0.25, -0.2) is 12.8 Å². The number of fused-ring (bicyclic) bond motifs is 1. The first-order chi connectivity index (χ1) is 13.3. The molecule has 28 heavy (non-hydrogen) atoms. The third-order valence-electron chi connectivity index (χ3n) is 5.03. The maximum Gasteiger partial charge on any atom is 0.243 e. The second-order valence-electron chi connectivity index (χ2n) is 6.82. The summed E-state index contributed by atoms with van der Waals surface area (Å²) in [6.45, 7) is 8.66. The zero-order valence-electron chi connectivity index (χ0n) is 16.7. The number of rotatable bonds is 6. The van der Waals surface area contributed by atoms with E-state index in [-0.39, 0.29) is 4.90 Å². The lowest BCUT2D eigenvalue weighted by Gasteiger charge is -2.35. The first kappa shape index (κ1) is 20.6. The number of sulfonamides is 1. The van der Waals surface area contributed by atoms with Crippen LogP contribution in [0.2, 0.25) is 0 Å². The van der Waals surface area contributed by atoms with Crippen LogP contribution in [0.15, 0.2) is 35.2 Å². The van der Waals surface area contributed by atoms with Gasteiger partial charge >= 0.3 is 0 Å². The fourth-order valence-corrected chi connectivity index (χ4v) is 5.50. The van der Waals surface area contributed by atoms with Crippen molar-refractivity contribution >= 4 is 10.0 Å². The van der Waals surface area contributed by atoms with Crippen LogP contribution < -0.4 is 9.47 Å². The molecule has 0 saturated heterocycles. The van der Waals surface area contributed by atoms with Gasteiger partial charge in [-0.05, 0) is 75.1 Å². The van der Waals surface area contributed by atoms with Gasteiger partial charge in [-0.15, -0.1) is 0 Å². The van der Waals surface area contributed by atoms with Crippen molar-refractivity contribution in [3.8, 4) is 11.5 Å². The number of benzene rings is 2. The topological polar surface area (TPSA) is 55.8 Å². The van der Waals surface area contributed by atoms with Crippen LogP contribution in [-0.2, 0) is 16.4 Å². The predicted molar refractivity (Wildman–Crippen MR) is 106 cm³/mol. The van der Waals surface area contributed by atoms with Gasteiger partial charge in [-0.2, -0.15) is 4.31 Å². The molecule has 0 spiro atoms. The molecule has 2 aromatic rings. The van der Waals surface area contributed by atoms with Gasteiger partial charge < -0.3 is 9.47 Å². The quantitative estimate of drug-likeness (QED) is 0.719. The Bertz CT molecular complexity index is 975. The van der Waals surface area contributed by atoms with E-state index in [0.717, 1.165) is 17.2 Å². The highest BCUT2D eigenvalue weighted by molar-refractivity contribution is 7.89. The third-order valence-corrected chi connectivity index (χ3v) is 7.14. The molecular formula is C21H26FNO4S. The molecule has 0 fully saturated rings. The molecule has 1 atom stereocenters. The smallest absolute Gasteiger partial charge is 0.243 e. The van der Waals surface area contributed by atoms with Crippen LogP contribution in [0.4, 0.5) is 4.39 Å². The Labute approximate surface area is 166 Å². The van der Waals surface area contributed by atoms with Crippen LogP contribution in [0.1, 0.15) is 43.5 Å². The number of halogens is 1. The Morgan fingerprint density at radius 1 is 1.11 bits per heavy atom. The van der Waals surface area contributed by atoms with Gasteiger partial charge in [0, 0.05) is 12.6 Å². The van der Waals surface area contributed by atoms with E-state index >= 15 is 0 Å².